The maximum atomic E-state index is 12.7. The lowest BCUT2D eigenvalue weighted by atomic mass is 10.2. The number of ether oxygens (including phenoxy) is 2. The van der Waals surface area contributed by atoms with E-state index in [0.29, 0.717) is 18.0 Å². The number of nitrogens with one attached hydrogen (secondary N) is 1. The summed E-state index contributed by atoms with van der Waals surface area (Å²) >= 11 is 0. The number of anilines is 1. The Balaban J connectivity index is 1.84. The van der Waals surface area contributed by atoms with Crippen molar-refractivity contribution in [2.45, 2.75) is 13.5 Å². The van der Waals surface area contributed by atoms with Gasteiger partial charge >= 0.3 is 5.97 Å². The molecule has 1 aliphatic heterocycles. The van der Waals surface area contributed by atoms with Gasteiger partial charge in [0.15, 0.2) is 0 Å². The fourth-order valence-electron chi connectivity index (χ4n) is 3.13. The van der Waals surface area contributed by atoms with E-state index >= 15 is 0 Å². The number of carbonyl (C=O) groups is 2. The van der Waals surface area contributed by atoms with E-state index in [1.54, 1.807) is 22.9 Å². The summed E-state index contributed by atoms with van der Waals surface area (Å²) in [4.78, 5) is 26.2. The molecule has 2 heterocycles. The van der Waals surface area contributed by atoms with Crippen molar-refractivity contribution in [3.63, 3.8) is 0 Å². The van der Waals surface area contributed by atoms with Crippen LogP contribution in [0, 0.1) is 6.92 Å². The number of aromatic nitrogens is 2. The lowest BCUT2D eigenvalue weighted by Crippen LogP contribution is -2.31. The van der Waals surface area contributed by atoms with E-state index in [9.17, 15) is 14.7 Å². The number of para-hydroxylation sites is 2. The van der Waals surface area contributed by atoms with Gasteiger partial charge in [0.2, 0.25) is 0 Å². The van der Waals surface area contributed by atoms with Crippen LogP contribution in [0.1, 0.15) is 11.3 Å². The van der Waals surface area contributed by atoms with Crippen molar-refractivity contribution in [2.24, 2.45) is 7.05 Å². The highest BCUT2D eigenvalue weighted by Gasteiger charge is 2.34. The number of aliphatic hydroxyl groups is 1. The Bertz CT molecular complexity index is 950. The van der Waals surface area contributed by atoms with Crippen LogP contribution in [-0.2, 0) is 28.0 Å². The van der Waals surface area contributed by atoms with Crippen LogP contribution in [0.4, 0.5) is 5.69 Å². The van der Waals surface area contributed by atoms with Crippen LogP contribution in [-0.4, -0.2) is 58.5 Å². The Morgan fingerprint density at radius 1 is 1.34 bits per heavy atom. The minimum absolute atomic E-state index is 0.0757. The normalized spacial score (nSPS) is 13.8. The third-order valence-corrected chi connectivity index (χ3v) is 4.60. The zero-order chi connectivity index (χ0) is 21.0. The molecule has 0 spiro atoms. The molecular weight excluding hydrogens is 376 g/mol. The summed E-state index contributed by atoms with van der Waals surface area (Å²) in [5.41, 5.74) is 2.70. The molecule has 0 unspecified atom stereocenters. The molecule has 9 nitrogen and oxygen atoms in total. The van der Waals surface area contributed by atoms with Crippen molar-refractivity contribution in [3.05, 3.63) is 53.0 Å². The number of amides is 1. The Labute approximate surface area is 168 Å². The second-order valence-electron chi connectivity index (χ2n) is 6.62. The monoisotopic (exact) mass is 400 g/mol. The second kappa shape index (κ2) is 8.78. The first-order valence-electron chi connectivity index (χ1n) is 9.14. The highest BCUT2D eigenvalue weighted by molar-refractivity contribution is 6.08. The smallest absolute Gasteiger partial charge is 0.337 e. The SMILES string of the molecule is COC(=O)C1=C(Nc2ccccc2OCc2cn(C)nc2C)C(=O)N(CCO)C1. The van der Waals surface area contributed by atoms with Crippen molar-refractivity contribution in [2.75, 3.05) is 32.1 Å². The molecule has 1 aromatic carbocycles. The van der Waals surface area contributed by atoms with Gasteiger partial charge in [-0.2, -0.15) is 5.10 Å². The number of benzene rings is 1. The van der Waals surface area contributed by atoms with Crippen LogP contribution >= 0.6 is 0 Å². The van der Waals surface area contributed by atoms with E-state index in [-0.39, 0.29) is 36.9 Å². The molecule has 3 rings (SSSR count). The zero-order valence-electron chi connectivity index (χ0n) is 16.6. The van der Waals surface area contributed by atoms with Gasteiger partial charge in [-0.1, -0.05) is 12.1 Å². The maximum Gasteiger partial charge on any atom is 0.337 e. The molecule has 29 heavy (non-hydrogen) atoms. The molecule has 0 saturated heterocycles. The van der Waals surface area contributed by atoms with Crippen molar-refractivity contribution >= 4 is 17.6 Å². The number of nitrogens with zero attached hydrogens (tertiary/aromatic N) is 3. The van der Waals surface area contributed by atoms with Crippen LogP contribution in [0.5, 0.6) is 5.75 Å². The standard InChI is InChI=1S/C20H24N4O5/c1-13-14(10-23(2)22-13)12-29-17-7-5-4-6-16(17)21-18-15(20(27)28-3)11-24(8-9-25)19(18)26/h4-7,10,21,25H,8-9,11-12H2,1-3H3. The number of rotatable bonds is 8. The number of aliphatic hydroxyl groups excluding tert-OH is 1. The number of aryl methyl sites for hydroxylation is 2. The number of β-amino-alcohol motifs (C(OH)–C–C–N with tert-alkyl or cyclic N) is 1. The second-order valence-corrected chi connectivity index (χ2v) is 6.62. The molecule has 0 fully saturated rings. The zero-order valence-corrected chi connectivity index (χ0v) is 16.6. The number of methoxy groups -OCH3 is 1. The highest BCUT2D eigenvalue weighted by Crippen LogP contribution is 2.29. The molecule has 0 radical (unpaired) electrons. The fourth-order valence-corrected chi connectivity index (χ4v) is 3.13. The van der Waals surface area contributed by atoms with Crippen LogP contribution in [0.2, 0.25) is 0 Å². The quantitative estimate of drug-likeness (QED) is 0.636. The summed E-state index contributed by atoms with van der Waals surface area (Å²) < 4.78 is 12.5. The molecule has 9 heteroatoms. The van der Waals surface area contributed by atoms with Crippen LogP contribution in [0.15, 0.2) is 41.7 Å². The highest BCUT2D eigenvalue weighted by atomic mass is 16.5. The molecule has 2 aromatic rings. The van der Waals surface area contributed by atoms with Crippen LogP contribution in [0.3, 0.4) is 0 Å². The first-order valence-corrected chi connectivity index (χ1v) is 9.14. The molecule has 154 valence electrons. The average Bonchev–Trinajstić information content (AvgIpc) is 3.19. The van der Waals surface area contributed by atoms with Crippen LogP contribution in [0.25, 0.3) is 0 Å². The lowest BCUT2D eigenvalue weighted by molar-refractivity contribution is -0.136. The minimum Gasteiger partial charge on any atom is -0.487 e. The van der Waals surface area contributed by atoms with Gasteiger partial charge in [0.05, 0.1) is 37.2 Å². The van der Waals surface area contributed by atoms with E-state index in [0.717, 1.165) is 11.3 Å². The molecule has 1 amide bonds. The Kier molecular flexibility index (Phi) is 6.18. The predicted octanol–water partition coefficient (Wildman–Crippen LogP) is 0.981. The maximum absolute atomic E-state index is 12.7. The van der Waals surface area contributed by atoms with Gasteiger partial charge in [-0.05, 0) is 19.1 Å². The molecule has 2 N–H and O–H groups in total. The average molecular weight is 400 g/mol. The number of esters is 1. The molecule has 1 aromatic heterocycles. The van der Waals surface area contributed by atoms with Gasteiger partial charge in [-0.15, -0.1) is 0 Å². The predicted molar refractivity (Wildman–Crippen MR) is 105 cm³/mol. The van der Waals surface area contributed by atoms with Gasteiger partial charge in [0.1, 0.15) is 18.1 Å². The third-order valence-electron chi connectivity index (χ3n) is 4.60. The van der Waals surface area contributed by atoms with Gasteiger partial charge in [0.25, 0.3) is 5.91 Å². The van der Waals surface area contributed by atoms with Crippen molar-refractivity contribution < 1.29 is 24.2 Å². The lowest BCUT2D eigenvalue weighted by Gasteiger charge is -2.16. The Morgan fingerprint density at radius 3 is 2.76 bits per heavy atom. The summed E-state index contributed by atoms with van der Waals surface area (Å²) in [5.74, 6) is -0.441. The molecular formula is C20H24N4O5. The summed E-state index contributed by atoms with van der Waals surface area (Å²) in [6.45, 7) is 2.22. The summed E-state index contributed by atoms with van der Waals surface area (Å²) in [7, 11) is 3.11. The van der Waals surface area contributed by atoms with Gasteiger partial charge in [0, 0.05) is 25.4 Å². The van der Waals surface area contributed by atoms with Crippen molar-refractivity contribution in [1.29, 1.82) is 0 Å². The minimum atomic E-state index is -0.592. The number of carbonyl (C=O) groups excluding carboxylic acids is 2. The summed E-state index contributed by atoms with van der Waals surface area (Å²) in [6.07, 6.45) is 1.89. The fraction of sp³-hybridized carbons (Fsp3) is 0.350. The van der Waals surface area contributed by atoms with Gasteiger partial charge in [-0.25, -0.2) is 4.79 Å². The first kappa shape index (κ1) is 20.4. The number of hydrogen-bond acceptors (Lipinski definition) is 7. The summed E-state index contributed by atoms with van der Waals surface area (Å²) in [5, 5.41) is 16.5. The third kappa shape index (κ3) is 4.40. The Morgan fingerprint density at radius 2 is 2.10 bits per heavy atom. The topological polar surface area (TPSA) is 106 Å². The molecule has 0 aliphatic carbocycles. The van der Waals surface area contributed by atoms with Crippen molar-refractivity contribution in [1.82, 2.24) is 14.7 Å². The van der Waals surface area contributed by atoms with E-state index in [2.05, 4.69) is 10.4 Å². The van der Waals surface area contributed by atoms with E-state index in [1.807, 2.05) is 26.2 Å². The molecule has 1 aliphatic rings. The summed E-state index contributed by atoms with van der Waals surface area (Å²) in [6, 6.07) is 7.15. The molecule has 0 atom stereocenters. The van der Waals surface area contributed by atoms with Gasteiger partial charge in [-0.3, -0.25) is 9.48 Å². The number of hydrogen-bond donors (Lipinski definition) is 2. The Hall–Kier alpha value is -3.33. The first-order chi connectivity index (χ1) is 13.9. The molecule has 0 saturated carbocycles. The van der Waals surface area contributed by atoms with Gasteiger partial charge < -0.3 is 24.8 Å². The van der Waals surface area contributed by atoms with Crippen molar-refractivity contribution in [3.8, 4) is 5.75 Å². The van der Waals surface area contributed by atoms with E-state index in [1.165, 1.54) is 12.0 Å². The molecule has 0 bridgehead atoms. The van der Waals surface area contributed by atoms with Crippen LogP contribution < -0.4 is 10.1 Å². The largest absolute Gasteiger partial charge is 0.487 e. The van der Waals surface area contributed by atoms with E-state index in [4.69, 9.17) is 9.47 Å². The van der Waals surface area contributed by atoms with E-state index < -0.39 is 5.97 Å².